The number of nitrogens with one attached hydrogen (secondary N) is 1. The molecule has 0 rings (SSSR count). The minimum Gasteiger partial charge on any atom is -0.354 e. The van der Waals surface area contributed by atoms with Gasteiger partial charge >= 0.3 is 0 Å². The fraction of sp³-hybridized carbons (Fsp3) is 0.875. The van der Waals surface area contributed by atoms with Gasteiger partial charge in [-0.3, -0.25) is 9.63 Å². The lowest BCUT2D eigenvalue weighted by Gasteiger charge is -2.08. The van der Waals surface area contributed by atoms with Gasteiger partial charge in [-0.1, -0.05) is 19.8 Å². The Balaban J connectivity index is 3.31. The van der Waals surface area contributed by atoms with E-state index < -0.39 is 6.10 Å². The molecule has 0 fully saturated rings. The van der Waals surface area contributed by atoms with Gasteiger partial charge < -0.3 is 5.32 Å². The van der Waals surface area contributed by atoms with Crippen molar-refractivity contribution < 1.29 is 9.63 Å². The van der Waals surface area contributed by atoms with Gasteiger partial charge in [0.15, 0.2) is 6.10 Å². The number of carbonyl (C=O) groups excluding carboxylic acids is 1. The van der Waals surface area contributed by atoms with Crippen molar-refractivity contribution in [2.45, 2.75) is 39.2 Å². The van der Waals surface area contributed by atoms with Crippen LogP contribution in [-0.4, -0.2) is 18.6 Å². The van der Waals surface area contributed by atoms with Gasteiger partial charge in [0.1, 0.15) is 0 Å². The number of amides is 1. The summed E-state index contributed by atoms with van der Waals surface area (Å²) < 4.78 is 0. The Morgan fingerprint density at radius 2 is 2.25 bits per heavy atom. The Morgan fingerprint density at radius 1 is 1.58 bits per heavy atom. The van der Waals surface area contributed by atoms with Crippen LogP contribution in [0.5, 0.6) is 0 Å². The summed E-state index contributed by atoms with van der Waals surface area (Å²) in [6.07, 6.45) is 2.75. The summed E-state index contributed by atoms with van der Waals surface area (Å²) in [6, 6.07) is 0. The molecule has 0 aromatic heterocycles. The van der Waals surface area contributed by atoms with Crippen LogP contribution in [-0.2, 0) is 9.63 Å². The van der Waals surface area contributed by atoms with Crippen LogP contribution in [0.3, 0.4) is 0 Å². The second-order valence-electron chi connectivity index (χ2n) is 2.78. The number of nitrogens with two attached hydrogens (primary N) is 1. The smallest absolute Gasteiger partial charge is 0.250 e. The molecule has 0 saturated carbocycles. The van der Waals surface area contributed by atoms with E-state index in [-0.39, 0.29) is 5.91 Å². The van der Waals surface area contributed by atoms with Crippen molar-refractivity contribution in [3.05, 3.63) is 0 Å². The van der Waals surface area contributed by atoms with E-state index >= 15 is 0 Å². The zero-order valence-electron chi connectivity index (χ0n) is 7.80. The molecule has 0 bridgehead atoms. The van der Waals surface area contributed by atoms with Crippen molar-refractivity contribution in [1.29, 1.82) is 0 Å². The first kappa shape index (κ1) is 11.4. The SMILES string of the molecule is CCCCCNC(=O)C(C)ON. The van der Waals surface area contributed by atoms with Crippen molar-refractivity contribution in [1.82, 2.24) is 5.32 Å². The van der Waals surface area contributed by atoms with Crippen molar-refractivity contribution in [3.63, 3.8) is 0 Å². The summed E-state index contributed by atoms with van der Waals surface area (Å²) in [5.41, 5.74) is 0. The highest BCUT2D eigenvalue weighted by Gasteiger charge is 2.10. The summed E-state index contributed by atoms with van der Waals surface area (Å²) >= 11 is 0. The molecule has 72 valence electrons. The van der Waals surface area contributed by atoms with E-state index in [1.54, 1.807) is 6.92 Å². The minimum atomic E-state index is -0.549. The van der Waals surface area contributed by atoms with E-state index in [2.05, 4.69) is 17.1 Å². The van der Waals surface area contributed by atoms with E-state index in [1.807, 2.05) is 0 Å². The van der Waals surface area contributed by atoms with Crippen LogP contribution < -0.4 is 11.2 Å². The molecular weight excluding hydrogens is 156 g/mol. The molecular formula is C8H18N2O2. The van der Waals surface area contributed by atoms with Crippen LogP contribution >= 0.6 is 0 Å². The third-order valence-electron chi connectivity index (χ3n) is 1.65. The van der Waals surface area contributed by atoms with Crippen molar-refractivity contribution >= 4 is 5.91 Å². The van der Waals surface area contributed by atoms with Crippen LogP contribution in [0.2, 0.25) is 0 Å². The maximum atomic E-state index is 11.0. The summed E-state index contributed by atoms with van der Waals surface area (Å²) in [5.74, 6) is 4.70. The highest BCUT2D eigenvalue weighted by Crippen LogP contribution is 1.92. The fourth-order valence-corrected chi connectivity index (χ4v) is 0.792. The zero-order chi connectivity index (χ0) is 9.40. The van der Waals surface area contributed by atoms with E-state index in [9.17, 15) is 4.79 Å². The second kappa shape index (κ2) is 7.06. The Hall–Kier alpha value is -0.610. The molecule has 0 spiro atoms. The van der Waals surface area contributed by atoms with Crippen LogP contribution in [0.15, 0.2) is 0 Å². The molecule has 1 atom stereocenters. The summed E-state index contributed by atoms with van der Waals surface area (Å²) in [7, 11) is 0. The topological polar surface area (TPSA) is 64.3 Å². The molecule has 0 aliphatic heterocycles. The Labute approximate surface area is 73.4 Å². The van der Waals surface area contributed by atoms with Gasteiger partial charge in [0.2, 0.25) is 0 Å². The first-order valence-electron chi connectivity index (χ1n) is 4.35. The van der Waals surface area contributed by atoms with Gasteiger partial charge in [0.05, 0.1) is 0 Å². The van der Waals surface area contributed by atoms with Gasteiger partial charge in [0, 0.05) is 6.54 Å². The van der Waals surface area contributed by atoms with E-state index in [0.717, 1.165) is 19.3 Å². The van der Waals surface area contributed by atoms with Gasteiger partial charge in [0.25, 0.3) is 5.91 Å². The Kier molecular flexibility index (Phi) is 6.70. The molecule has 0 heterocycles. The molecule has 12 heavy (non-hydrogen) atoms. The summed E-state index contributed by atoms with van der Waals surface area (Å²) in [5, 5.41) is 2.72. The molecule has 0 radical (unpaired) electrons. The summed E-state index contributed by atoms with van der Waals surface area (Å²) in [4.78, 5) is 15.4. The number of hydrogen-bond donors (Lipinski definition) is 2. The molecule has 4 nitrogen and oxygen atoms in total. The number of carbonyl (C=O) groups is 1. The van der Waals surface area contributed by atoms with Crippen LogP contribution in [0.1, 0.15) is 33.1 Å². The molecule has 0 aliphatic rings. The predicted molar refractivity (Wildman–Crippen MR) is 47.3 cm³/mol. The lowest BCUT2D eigenvalue weighted by Crippen LogP contribution is -2.36. The third kappa shape index (κ3) is 5.09. The van der Waals surface area contributed by atoms with Crippen LogP contribution in [0.25, 0.3) is 0 Å². The number of unbranched alkanes of at least 4 members (excludes halogenated alkanes) is 2. The lowest BCUT2D eigenvalue weighted by molar-refractivity contribution is -0.131. The zero-order valence-corrected chi connectivity index (χ0v) is 7.80. The molecule has 0 saturated heterocycles. The lowest BCUT2D eigenvalue weighted by atomic mass is 10.2. The number of hydrogen-bond acceptors (Lipinski definition) is 3. The fourth-order valence-electron chi connectivity index (χ4n) is 0.792. The molecule has 0 aliphatic carbocycles. The van der Waals surface area contributed by atoms with Crippen molar-refractivity contribution in [2.24, 2.45) is 5.90 Å². The quantitative estimate of drug-likeness (QED) is 0.457. The predicted octanol–water partition coefficient (Wildman–Crippen LogP) is 0.572. The first-order valence-corrected chi connectivity index (χ1v) is 4.35. The van der Waals surface area contributed by atoms with Crippen LogP contribution in [0.4, 0.5) is 0 Å². The summed E-state index contributed by atoms with van der Waals surface area (Å²) in [6.45, 7) is 4.45. The van der Waals surface area contributed by atoms with Gasteiger partial charge in [-0.2, -0.15) is 0 Å². The molecule has 1 unspecified atom stereocenters. The Morgan fingerprint density at radius 3 is 2.75 bits per heavy atom. The Bertz CT molecular complexity index is 128. The van der Waals surface area contributed by atoms with E-state index in [1.165, 1.54) is 0 Å². The highest BCUT2D eigenvalue weighted by molar-refractivity contribution is 5.80. The van der Waals surface area contributed by atoms with Gasteiger partial charge in [-0.25, -0.2) is 5.90 Å². The third-order valence-corrected chi connectivity index (χ3v) is 1.65. The molecule has 0 aromatic carbocycles. The molecule has 1 amide bonds. The van der Waals surface area contributed by atoms with Crippen molar-refractivity contribution in [3.8, 4) is 0 Å². The van der Waals surface area contributed by atoms with Crippen molar-refractivity contribution in [2.75, 3.05) is 6.54 Å². The maximum absolute atomic E-state index is 11.0. The monoisotopic (exact) mass is 174 g/mol. The van der Waals surface area contributed by atoms with Crippen LogP contribution in [0, 0.1) is 0 Å². The van der Waals surface area contributed by atoms with Gasteiger partial charge in [-0.15, -0.1) is 0 Å². The maximum Gasteiger partial charge on any atom is 0.250 e. The standard InChI is InChI=1S/C8H18N2O2/c1-3-4-5-6-10-8(11)7(2)12-9/h7H,3-6,9H2,1-2H3,(H,10,11). The largest absolute Gasteiger partial charge is 0.354 e. The minimum absolute atomic E-state index is 0.145. The van der Waals surface area contributed by atoms with Gasteiger partial charge in [-0.05, 0) is 13.3 Å². The normalized spacial score (nSPS) is 12.6. The average Bonchev–Trinajstić information content (AvgIpc) is 2.10. The second-order valence-corrected chi connectivity index (χ2v) is 2.78. The van der Waals surface area contributed by atoms with E-state index in [4.69, 9.17) is 5.90 Å². The molecule has 0 aromatic rings. The molecule has 3 N–H and O–H groups in total. The van der Waals surface area contributed by atoms with E-state index in [0.29, 0.717) is 6.54 Å². The molecule has 4 heteroatoms. The average molecular weight is 174 g/mol. The highest BCUT2D eigenvalue weighted by atomic mass is 16.6. The number of rotatable bonds is 6. The first-order chi connectivity index (χ1) is 5.72.